The Hall–Kier alpha value is -3.22. The van der Waals surface area contributed by atoms with E-state index >= 15 is 0 Å². The van der Waals surface area contributed by atoms with Crippen molar-refractivity contribution in [3.8, 4) is 0 Å². The quantitative estimate of drug-likeness (QED) is 0.155. The van der Waals surface area contributed by atoms with Gasteiger partial charge in [-0.2, -0.15) is 0 Å². The lowest BCUT2D eigenvalue weighted by Gasteiger charge is -2.25. The molecule has 13 heteroatoms. The van der Waals surface area contributed by atoms with Crippen molar-refractivity contribution in [1.29, 1.82) is 0 Å². The molecule has 0 saturated heterocycles. The molecule has 0 spiro atoms. The minimum absolute atomic E-state index is 0.186. The summed E-state index contributed by atoms with van der Waals surface area (Å²) in [5, 5.41) is 16.0. The topological polar surface area (TPSA) is 237 Å². The molecule has 0 radical (unpaired) electrons. The Labute approximate surface area is 173 Å². The van der Waals surface area contributed by atoms with E-state index in [4.69, 9.17) is 17.2 Å². The average molecular weight is 430 g/mol. The number of nitrogens with two attached hydrogens (primary N) is 3. The van der Waals surface area contributed by atoms with Crippen LogP contribution in [0.3, 0.4) is 0 Å². The van der Waals surface area contributed by atoms with Gasteiger partial charge in [0.15, 0.2) is 0 Å². The number of rotatable bonds is 13. The van der Waals surface area contributed by atoms with Gasteiger partial charge in [0, 0.05) is 6.42 Å². The molecule has 4 unspecified atom stereocenters. The van der Waals surface area contributed by atoms with Crippen molar-refractivity contribution < 1.29 is 33.9 Å². The van der Waals surface area contributed by atoms with E-state index in [1.54, 1.807) is 13.8 Å². The predicted octanol–water partition coefficient (Wildman–Crippen LogP) is -3.33. The maximum Gasteiger partial charge on any atom is 0.326 e. The number of aliphatic carboxylic acids is 1. The summed E-state index contributed by atoms with van der Waals surface area (Å²) < 4.78 is 0. The monoisotopic (exact) mass is 430 g/mol. The molecule has 5 amide bonds. The van der Waals surface area contributed by atoms with Crippen molar-refractivity contribution in [2.24, 2.45) is 23.1 Å². The molecule has 30 heavy (non-hydrogen) atoms. The standard InChI is InChI=1S/C17H30N6O7/c1-7(2)13(17(29)30)23-16(28)10(6-12(20)25)22-15(27)9(4-5-11(19)24)21-14(26)8(3)18/h7-10,13H,4-6,18H2,1-3H3,(H2,19,24)(H2,20,25)(H,21,26)(H,22,27)(H,23,28)(H,29,30). The molecule has 0 bridgehead atoms. The third-order valence-corrected chi connectivity index (χ3v) is 3.99. The lowest BCUT2D eigenvalue weighted by atomic mass is 10.0. The zero-order valence-electron chi connectivity index (χ0n) is 17.1. The Morgan fingerprint density at radius 1 is 0.800 bits per heavy atom. The van der Waals surface area contributed by atoms with E-state index in [2.05, 4.69) is 16.0 Å². The molecule has 170 valence electrons. The van der Waals surface area contributed by atoms with Gasteiger partial charge in [-0.05, 0) is 19.3 Å². The first-order valence-electron chi connectivity index (χ1n) is 9.22. The minimum Gasteiger partial charge on any atom is -0.480 e. The molecule has 0 saturated carbocycles. The summed E-state index contributed by atoms with van der Waals surface area (Å²) in [5.41, 5.74) is 15.6. The van der Waals surface area contributed by atoms with E-state index in [9.17, 15) is 33.9 Å². The van der Waals surface area contributed by atoms with Crippen LogP contribution >= 0.6 is 0 Å². The highest BCUT2D eigenvalue weighted by Crippen LogP contribution is 2.05. The Morgan fingerprint density at radius 2 is 1.30 bits per heavy atom. The van der Waals surface area contributed by atoms with E-state index < -0.39 is 72.0 Å². The third kappa shape index (κ3) is 9.82. The van der Waals surface area contributed by atoms with Crippen LogP contribution < -0.4 is 33.2 Å². The number of hydrogen-bond acceptors (Lipinski definition) is 7. The lowest BCUT2D eigenvalue weighted by molar-refractivity contribution is -0.143. The molecule has 10 N–H and O–H groups in total. The first-order chi connectivity index (χ1) is 13.8. The summed E-state index contributed by atoms with van der Waals surface area (Å²) in [6.07, 6.45) is -1.06. The van der Waals surface area contributed by atoms with E-state index in [0.717, 1.165) is 0 Å². The fourth-order valence-electron chi connectivity index (χ4n) is 2.31. The molecule has 4 atom stereocenters. The highest BCUT2D eigenvalue weighted by molar-refractivity contribution is 5.96. The fourth-order valence-corrected chi connectivity index (χ4v) is 2.31. The van der Waals surface area contributed by atoms with Crippen LogP contribution in [0.15, 0.2) is 0 Å². The number of hydrogen-bond donors (Lipinski definition) is 7. The van der Waals surface area contributed by atoms with E-state index in [-0.39, 0.29) is 12.8 Å². The molecule has 0 fully saturated rings. The van der Waals surface area contributed by atoms with Gasteiger partial charge in [0.05, 0.1) is 12.5 Å². The van der Waals surface area contributed by atoms with Crippen molar-refractivity contribution in [3.05, 3.63) is 0 Å². The molecule has 0 aliphatic rings. The number of carbonyl (C=O) groups is 6. The molecule has 0 aromatic heterocycles. The normalized spacial score (nSPS) is 14.7. The summed E-state index contributed by atoms with van der Waals surface area (Å²) in [6, 6.07) is -5.01. The smallest absolute Gasteiger partial charge is 0.326 e. The van der Waals surface area contributed by atoms with Crippen molar-refractivity contribution >= 4 is 35.5 Å². The van der Waals surface area contributed by atoms with Crippen LogP contribution in [-0.2, 0) is 28.8 Å². The van der Waals surface area contributed by atoms with Gasteiger partial charge in [-0.25, -0.2) is 4.79 Å². The highest BCUT2D eigenvalue weighted by atomic mass is 16.4. The van der Waals surface area contributed by atoms with Crippen LogP contribution in [-0.4, -0.2) is 64.8 Å². The van der Waals surface area contributed by atoms with Gasteiger partial charge in [0.25, 0.3) is 0 Å². The van der Waals surface area contributed by atoms with Crippen molar-refractivity contribution in [2.45, 2.75) is 64.2 Å². The maximum absolute atomic E-state index is 12.6. The summed E-state index contributed by atoms with van der Waals surface area (Å²) in [7, 11) is 0. The van der Waals surface area contributed by atoms with Gasteiger partial charge in [-0.3, -0.25) is 24.0 Å². The number of amides is 5. The molecular formula is C17H30N6O7. The molecule has 0 heterocycles. The zero-order valence-corrected chi connectivity index (χ0v) is 17.1. The molecule has 0 aromatic carbocycles. The SMILES string of the molecule is CC(N)C(=O)NC(CCC(N)=O)C(=O)NC(CC(N)=O)C(=O)NC(C(=O)O)C(C)C. The van der Waals surface area contributed by atoms with Crippen LogP contribution in [0.1, 0.15) is 40.0 Å². The van der Waals surface area contributed by atoms with Gasteiger partial charge < -0.3 is 38.3 Å². The highest BCUT2D eigenvalue weighted by Gasteiger charge is 2.31. The fraction of sp³-hybridized carbons (Fsp3) is 0.647. The number of carboxylic acids is 1. The Morgan fingerprint density at radius 3 is 1.70 bits per heavy atom. The van der Waals surface area contributed by atoms with Crippen molar-refractivity contribution in [1.82, 2.24) is 16.0 Å². The predicted molar refractivity (Wildman–Crippen MR) is 104 cm³/mol. The minimum atomic E-state index is -1.50. The molecular weight excluding hydrogens is 400 g/mol. The number of carbonyl (C=O) groups excluding carboxylic acids is 5. The average Bonchev–Trinajstić information content (AvgIpc) is 2.60. The maximum atomic E-state index is 12.6. The summed E-state index contributed by atoms with van der Waals surface area (Å²) in [5.74, 6) is -5.98. The van der Waals surface area contributed by atoms with Crippen LogP contribution in [0.2, 0.25) is 0 Å². The van der Waals surface area contributed by atoms with Crippen LogP contribution in [0.4, 0.5) is 0 Å². The summed E-state index contributed by atoms with van der Waals surface area (Å²) in [6.45, 7) is 4.49. The van der Waals surface area contributed by atoms with Gasteiger partial charge in [0.1, 0.15) is 18.1 Å². The number of nitrogens with one attached hydrogen (secondary N) is 3. The first-order valence-corrected chi connectivity index (χ1v) is 9.22. The zero-order chi connectivity index (χ0) is 23.6. The van der Waals surface area contributed by atoms with Crippen LogP contribution in [0.25, 0.3) is 0 Å². The summed E-state index contributed by atoms with van der Waals surface area (Å²) >= 11 is 0. The molecule has 0 aliphatic heterocycles. The Balaban J connectivity index is 5.49. The number of primary amides is 2. The third-order valence-electron chi connectivity index (χ3n) is 3.99. The largest absolute Gasteiger partial charge is 0.480 e. The molecule has 0 aliphatic carbocycles. The second-order valence-corrected chi connectivity index (χ2v) is 7.15. The van der Waals surface area contributed by atoms with Gasteiger partial charge in [0.2, 0.25) is 29.5 Å². The van der Waals surface area contributed by atoms with Gasteiger partial charge in [-0.15, -0.1) is 0 Å². The molecule has 0 aromatic rings. The van der Waals surface area contributed by atoms with Crippen molar-refractivity contribution in [3.63, 3.8) is 0 Å². The van der Waals surface area contributed by atoms with E-state index in [1.807, 2.05) is 0 Å². The van der Waals surface area contributed by atoms with Crippen LogP contribution in [0, 0.1) is 5.92 Å². The van der Waals surface area contributed by atoms with Crippen molar-refractivity contribution in [2.75, 3.05) is 0 Å². The van der Waals surface area contributed by atoms with Crippen LogP contribution in [0.5, 0.6) is 0 Å². The van der Waals surface area contributed by atoms with Gasteiger partial charge in [-0.1, -0.05) is 13.8 Å². The summed E-state index contributed by atoms with van der Waals surface area (Å²) in [4.78, 5) is 70.6. The first kappa shape index (κ1) is 26.8. The molecule has 0 rings (SSSR count). The van der Waals surface area contributed by atoms with E-state index in [0.29, 0.717) is 0 Å². The lowest BCUT2D eigenvalue weighted by Crippen LogP contribution is -2.58. The number of carboxylic acid groups (broad SMARTS) is 1. The van der Waals surface area contributed by atoms with E-state index in [1.165, 1.54) is 6.92 Å². The second kappa shape index (κ2) is 12.4. The second-order valence-electron chi connectivity index (χ2n) is 7.15. The molecule has 13 nitrogen and oxygen atoms in total. The van der Waals surface area contributed by atoms with Gasteiger partial charge >= 0.3 is 5.97 Å². The Bertz CT molecular complexity index is 680. The Kier molecular flexibility index (Phi) is 11.0.